The van der Waals surface area contributed by atoms with Crippen molar-refractivity contribution < 1.29 is 9.53 Å². The highest BCUT2D eigenvalue weighted by atomic mass is 16.5. The predicted molar refractivity (Wildman–Crippen MR) is 80.5 cm³/mol. The first kappa shape index (κ1) is 14.3. The zero-order valence-corrected chi connectivity index (χ0v) is 12.3. The lowest BCUT2D eigenvalue weighted by atomic mass is 10.2. The summed E-state index contributed by atoms with van der Waals surface area (Å²) in [6.07, 6.45) is 5.83. The molecule has 2 aliphatic rings. The molecule has 2 aliphatic heterocycles. The first-order chi connectivity index (χ1) is 10.3. The van der Waals surface area contributed by atoms with Crippen LogP contribution >= 0.6 is 0 Å². The number of hydrogen-bond donors (Lipinski definition) is 2. The maximum atomic E-state index is 12.2. The van der Waals surface area contributed by atoms with E-state index in [1.165, 1.54) is 12.8 Å². The van der Waals surface area contributed by atoms with E-state index in [0.717, 1.165) is 25.4 Å². The van der Waals surface area contributed by atoms with Crippen molar-refractivity contribution in [1.82, 2.24) is 15.2 Å². The molecule has 1 aromatic rings. The summed E-state index contributed by atoms with van der Waals surface area (Å²) in [7, 11) is 1.80. The van der Waals surface area contributed by atoms with Gasteiger partial charge in [0.1, 0.15) is 0 Å². The number of aromatic nitrogens is 1. The second kappa shape index (κ2) is 6.41. The average molecular weight is 290 g/mol. The third-order valence-electron chi connectivity index (χ3n) is 4.29. The van der Waals surface area contributed by atoms with Crippen LogP contribution in [0.15, 0.2) is 18.5 Å². The van der Waals surface area contributed by atoms with Crippen LogP contribution < -0.4 is 10.6 Å². The predicted octanol–water partition coefficient (Wildman–Crippen LogP) is 0.716. The van der Waals surface area contributed by atoms with Crippen LogP contribution in [0.4, 0.5) is 5.69 Å². The third-order valence-corrected chi connectivity index (χ3v) is 4.29. The van der Waals surface area contributed by atoms with Crippen molar-refractivity contribution in [3.8, 4) is 0 Å². The molecule has 0 bridgehead atoms. The van der Waals surface area contributed by atoms with Gasteiger partial charge in [0.25, 0.3) is 5.91 Å². The number of fused-ring (bicyclic) bond motifs is 1. The molecular weight excluding hydrogens is 268 g/mol. The highest BCUT2D eigenvalue weighted by molar-refractivity contribution is 5.99. The molecule has 3 heterocycles. The minimum Gasteiger partial charge on any atom is -0.387 e. The van der Waals surface area contributed by atoms with Crippen molar-refractivity contribution in [1.29, 1.82) is 0 Å². The number of carbonyl (C=O) groups is 1. The van der Waals surface area contributed by atoms with Crippen LogP contribution in [0.25, 0.3) is 0 Å². The van der Waals surface area contributed by atoms with Gasteiger partial charge in [0, 0.05) is 44.3 Å². The van der Waals surface area contributed by atoms with Gasteiger partial charge in [0.05, 0.1) is 18.3 Å². The van der Waals surface area contributed by atoms with E-state index >= 15 is 0 Å². The molecule has 1 aromatic heterocycles. The van der Waals surface area contributed by atoms with E-state index in [1.54, 1.807) is 25.5 Å². The van der Waals surface area contributed by atoms with E-state index < -0.39 is 0 Å². The van der Waals surface area contributed by atoms with Crippen molar-refractivity contribution in [3.63, 3.8) is 0 Å². The van der Waals surface area contributed by atoms with Crippen LogP contribution in [0.3, 0.4) is 0 Å². The van der Waals surface area contributed by atoms with Crippen molar-refractivity contribution in [2.45, 2.75) is 25.0 Å². The average Bonchev–Trinajstić information content (AvgIpc) is 3.00. The molecule has 2 fully saturated rings. The summed E-state index contributed by atoms with van der Waals surface area (Å²) in [6, 6.07) is 2.38. The topological polar surface area (TPSA) is 66.5 Å². The molecule has 2 atom stereocenters. The Bertz CT molecular complexity index is 508. The Hall–Kier alpha value is -1.66. The maximum absolute atomic E-state index is 12.2. The molecule has 0 aliphatic carbocycles. The number of nitrogens with zero attached hydrogens (tertiary/aromatic N) is 2. The zero-order valence-electron chi connectivity index (χ0n) is 12.3. The molecule has 1 amide bonds. The molecule has 0 spiro atoms. The smallest absolute Gasteiger partial charge is 0.255 e. The van der Waals surface area contributed by atoms with Gasteiger partial charge in [-0.15, -0.1) is 0 Å². The molecule has 2 unspecified atom stereocenters. The maximum Gasteiger partial charge on any atom is 0.255 e. The summed E-state index contributed by atoms with van der Waals surface area (Å²) in [4.78, 5) is 18.7. The summed E-state index contributed by atoms with van der Waals surface area (Å²) in [6.45, 7) is 3.40. The van der Waals surface area contributed by atoms with Gasteiger partial charge in [0.2, 0.25) is 0 Å². The Balaban J connectivity index is 1.54. The van der Waals surface area contributed by atoms with Crippen LogP contribution in [0.1, 0.15) is 23.2 Å². The van der Waals surface area contributed by atoms with Gasteiger partial charge in [-0.3, -0.25) is 14.7 Å². The van der Waals surface area contributed by atoms with Gasteiger partial charge in [-0.05, 0) is 25.5 Å². The fourth-order valence-corrected chi connectivity index (χ4v) is 3.10. The Morgan fingerprint density at radius 1 is 1.57 bits per heavy atom. The monoisotopic (exact) mass is 290 g/mol. The number of amides is 1. The van der Waals surface area contributed by atoms with Gasteiger partial charge in [-0.25, -0.2) is 0 Å². The highest BCUT2D eigenvalue weighted by Crippen LogP contribution is 2.22. The molecule has 3 rings (SSSR count). The second-order valence-electron chi connectivity index (χ2n) is 5.63. The zero-order chi connectivity index (χ0) is 14.7. The van der Waals surface area contributed by atoms with Crippen LogP contribution in [-0.2, 0) is 4.74 Å². The number of morpholine rings is 1. The lowest BCUT2D eigenvalue weighted by Gasteiger charge is -2.35. The van der Waals surface area contributed by atoms with E-state index in [0.29, 0.717) is 18.2 Å². The number of nitrogens with one attached hydrogen (secondary N) is 2. The molecular formula is C15H22N4O2. The molecule has 21 heavy (non-hydrogen) atoms. The standard InChI is InChI=1S/C15H22N4O2/c1-16-14-4-5-17-8-13(14)15(20)18-7-12-9-19-6-2-3-11(19)10-21-12/h4-5,8,11-12H,2-3,6-7,9-10H2,1H3,(H,16,17)(H,18,20). The minimum absolute atomic E-state index is 0.0815. The molecule has 114 valence electrons. The first-order valence-electron chi connectivity index (χ1n) is 7.53. The Kier molecular flexibility index (Phi) is 4.36. The van der Waals surface area contributed by atoms with Crippen LogP contribution in [-0.4, -0.2) is 61.2 Å². The van der Waals surface area contributed by atoms with Crippen molar-refractivity contribution in [2.75, 3.05) is 38.6 Å². The lowest BCUT2D eigenvalue weighted by Crippen LogP contribution is -2.50. The lowest BCUT2D eigenvalue weighted by molar-refractivity contribution is -0.0461. The minimum atomic E-state index is -0.111. The van der Waals surface area contributed by atoms with Gasteiger partial charge >= 0.3 is 0 Å². The highest BCUT2D eigenvalue weighted by Gasteiger charge is 2.32. The van der Waals surface area contributed by atoms with Crippen molar-refractivity contribution in [3.05, 3.63) is 24.0 Å². The first-order valence-corrected chi connectivity index (χ1v) is 7.53. The Labute approximate surface area is 124 Å². The second-order valence-corrected chi connectivity index (χ2v) is 5.63. The number of rotatable bonds is 4. The molecule has 0 aromatic carbocycles. The van der Waals surface area contributed by atoms with E-state index in [2.05, 4.69) is 20.5 Å². The number of carbonyl (C=O) groups excluding carboxylic acids is 1. The molecule has 6 nitrogen and oxygen atoms in total. The van der Waals surface area contributed by atoms with Crippen LogP contribution in [0.5, 0.6) is 0 Å². The summed E-state index contributed by atoms with van der Waals surface area (Å²) < 4.78 is 5.85. The fourth-order valence-electron chi connectivity index (χ4n) is 3.10. The largest absolute Gasteiger partial charge is 0.387 e. The van der Waals surface area contributed by atoms with E-state index in [-0.39, 0.29) is 12.0 Å². The van der Waals surface area contributed by atoms with Crippen molar-refractivity contribution in [2.24, 2.45) is 0 Å². The number of ether oxygens (including phenoxy) is 1. The SMILES string of the molecule is CNc1ccncc1C(=O)NCC1CN2CCCC2CO1. The molecule has 6 heteroatoms. The number of pyridine rings is 1. The van der Waals surface area contributed by atoms with Gasteiger partial charge < -0.3 is 15.4 Å². The van der Waals surface area contributed by atoms with Gasteiger partial charge in [-0.1, -0.05) is 0 Å². The molecule has 0 saturated carbocycles. The Morgan fingerprint density at radius 3 is 3.33 bits per heavy atom. The summed E-state index contributed by atoms with van der Waals surface area (Å²) >= 11 is 0. The van der Waals surface area contributed by atoms with Crippen LogP contribution in [0.2, 0.25) is 0 Å². The summed E-state index contributed by atoms with van der Waals surface area (Å²) in [5.74, 6) is -0.111. The fraction of sp³-hybridized carbons (Fsp3) is 0.600. The van der Waals surface area contributed by atoms with Crippen LogP contribution in [0, 0.1) is 0 Å². The molecule has 2 saturated heterocycles. The molecule has 2 N–H and O–H groups in total. The van der Waals surface area contributed by atoms with Crippen molar-refractivity contribution >= 4 is 11.6 Å². The summed E-state index contributed by atoms with van der Waals surface area (Å²) in [5, 5.41) is 5.96. The quantitative estimate of drug-likeness (QED) is 0.855. The number of hydrogen-bond acceptors (Lipinski definition) is 5. The normalized spacial score (nSPS) is 25.4. The summed E-state index contributed by atoms with van der Waals surface area (Å²) in [5.41, 5.74) is 1.35. The van der Waals surface area contributed by atoms with E-state index in [9.17, 15) is 4.79 Å². The number of anilines is 1. The third kappa shape index (κ3) is 3.16. The van der Waals surface area contributed by atoms with E-state index in [1.807, 2.05) is 0 Å². The van der Waals surface area contributed by atoms with Gasteiger partial charge in [-0.2, -0.15) is 0 Å². The van der Waals surface area contributed by atoms with Gasteiger partial charge in [0.15, 0.2) is 0 Å². The Morgan fingerprint density at radius 2 is 2.48 bits per heavy atom. The molecule has 0 radical (unpaired) electrons. The van der Waals surface area contributed by atoms with E-state index in [4.69, 9.17) is 4.74 Å².